The zero-order chi connectivity index (χ0) is 31.3. The molecule has 43 heavy (non-hydrogen) atoms. The number of nitrogens with two attached hydrogens (primary N) is 1. The lowest BCUT2D eigenvalue weighted by molar-refractivity contribution is -0.141. The van der Waals surface area contributed by atoms with Crippen molar-refractivity contribution in [2.75, 3.05) is 25.0 Å². The van der Waals surface area contributed by atoms with Gasteiger partial charge in [-0.2, -0.15) is 23.5 Å². The van der Waals surface area contributed by atoms with E-state index in [1.165, 1.54) is 23.0 Å². The lowest BCUT2D eigenvalue weighted by Crippen LogP contribution is -2.59. The van der Waals surface area contributed by atoms with E-state index in [0.717, 1.165) is 10.9 Å². The number of alkyl halides is 3. The first-order valence-corrected chi connectivity index (χ1v) is 12.6. The van der Waals surface area contributed by atoms with Gasteiger partial charge in [0.25, 0.3) is 12.4 Å². The van der Waals surface area contributed by atoms with Gasteiger partial charge >= 0.3 is 6.18 Å². The number of rotatable bonds is 7. The van der Waals surface area contributed by atoms with Crippen LogP contribution < -0.4 is 16.4 Å². The number of nitriles is 1. The van der Waals surface area contributed by atoms with Crippen molar-refractivity contribution in [3.8, 4) is 17.3 Å². The Morgan fingerprint density at radius 2 is 2.00 bits per heavy atom. The molecule has 4 aromatic rings. The maximum absolute atomic E-state index is 13.7. The summed E-state index contributed by atoms with van der Waals surface area (Å²) in [5, 5.41) is 25.0. The van der Waals surface area contributed by atoms with Crippen molar-refractivity contribution < 1.29 is 32.7 Å². The third kappa shape index (κ3) is 6.70. The van der Waals surface area contributed by atoms with E-state index in [9.17, 15) is 22.8 Å². The number of aromatic nitrogens is 5. The predicted octanol–water partition coefficient (Wildman–Crippen LogP) is 1.79. The van der Waals surface area contributed by atoms with E-state index in [4.69, 9.17) is 20.9 Å². The number of halogens is 3. The van der Waals surface area contributed by atoms with E-state index in [1.807, 2.05) is 0 Å². The molecule has 0 unspecified atom stereocenters. The number of benzene rings is 1. The highest BCUT2D eigenvalue weighted by atomic mass is 19.4. The van der Waals surface area contributed by atoms with Gasteiger partial charge in [-0.3, -0.25) is 23.5 Å². The minimum absolute atomic E-state index is 0.0263. The third-order valence-electron chi connectivity index (χ3n) is 6.36. The highest BCUT2D eigenvalue weighted by Gasteiger charge is 2.38. The Morgan fingerprint density at radius 1 is 1.28 bits per heavy atom. The molecule has 1 aliphatic rings. The van der Waals surface area contributed by atoms with Gasteiger partial charge in [0.1, 0.15) is 6.54 Å². The first-order valence-electron chi connectivity index (χ1n) is 12.6. The molecule has 224 valence electrons. The van der Waals surface area contributed by atoms with Crippen LogP contribution in [0.5, 0.6) is 0 Å². The van der Waals surface area contributed by atoms with E-state index in [0.29, 0.717) is 29.9 Å². The number of carbonyl (C=O) groups excluding carboxylic acids is 2. The van der Waals surface area contributed by atoms with Crippen molar-refractivity contribution in [1.82, 2.24) is 34.4 Å². The number of aryl methyl sites for hydroxylation is 1. The lowest BCUT2D eigenvalue weighted by atomic mass is 10.1. The number of imidazole rings is 1. The van der Waals surface area contributed by atoms with Crippen molar-refractivity contribution in [1.29, 1.82) is 5.26 Å². The number of fused-ring (bicyclic) bond motifs is 1. The number of hydrogen-bond donors (Lipinski definition) is 4. The smallest absolute Gasteiger partial charge is 0.435 e. The molecule has 5 rings (SSSR count). The summed E-state index contributed by atoms with van der Waals surface area (Å²) in [5.74, 6) is -0.344. The summed E-state index contributed by atoms with van der Waals surface area (Å²) in [5.41, 5.74) is 6.26. The zero-order valence-electron chi connectivity index (χ0n) is 22.5. The van der Waals surface area contributed by atoms with Crippen molar-refractivity contribution in [2.45, 2.75) is 25.7 Å². The fourth-order valence-corrected chi connectivity index (χ4v) is 4.39. The van der Waals surface area contributed by atoms with Gasteiger partial charge in [-0.05, 0) is 30.7 Å². The van der Waals surface area contributed by atoms with Gasteiger partial charge in [-0.15, -0.1) is 0 Å². The normalized spacial score (nSPS) is 13.0. The molecule has 4 heterocycles. The molecule has 14 nitrogen and oxygen atoms in total. The van der Waals surface area contributed by atoms with E-state index >= 15 is 0 Å². The fourth-order valence-electron chi connectivity index (χ4n) is 4.39. The standard InChI is InChI=1S/C25H23F3N10O2.CH2O2/c1-14-8-16(2-3-17(14)24(40)33-10-20(39)36-11-15(30)12-36)34-22-23-32-9-19(38(23)7-5-31-22)18-13-37(6-4-29)35-21(18)25(26,27)28;2-1-3/h2-3,5,7-9,13,15H,6,10-12,30H2,1H3,(H,31,34)(H,33,40);1H,(H,2,3). The second kappa shape index (κ2) is 12.6. The van der Waals surface area contributed by atoms with E-state index in [1.54, 1.807) is 36.1 Å². The Morgan fingerprint density at radius 3 is 2.63 bits per heavy atom. The quantitative estimate of drug-likeness (QED) is 0.228. The molecule has 1 aliphatic heterocycles. The number of amides is 2. The Labute approximate surface area is 241 Å². The van der Waals surface area contributed by atoms with Crippen LogP contribution in [0, 0.1) is 18.3 Å². The van der Waals surface area contributed by atoms with Crippen LogP contribution in [0.25, 0.3) is 16.9 Å². The first-order chi connectivity index (χ1) is 20.5. The van der Waals surface area contributed by atoms with Crippen LogP contribution >= 0.6 is 0 Å². The average molecular weight is 599 g/mol. The van der Waals surface area contributed by atoms with Crippen LogP contribution in [-0.2, 0) is 22.3 Å². The first kappa shape index (κ1) is 30.5. The van der Waals surface area contributed by atoms with Gasteiger partial charge in [0.15, 0.2) is 17.2 Å². The van der Waals surface area contributed by atoms with Gasteiger partial charge in [0.2, 0.25) is 5.91 Å². The number of nitrogens with zero attached hydrogens (tertiary/aromatic N) is 7. The molecule has 0 radical (unpaired) electrons. The maximum Gasteiger partial charge on any atom is 0.435 e. The molecule has 0 aliphatic carbocycles. The Kier molecular flexibility index (Phi) is 8.90. The SMILES string of the molecule is Cc1cc(Nc2nccn3c(-c4cn(CC#N)nc4C(F)(F)F)cnc23)ccc1C(=O)NCC(=O)N1CC(N)C1.O=CO. The van der Waals surface area contributed by atoms with Crippen LogP contribution in [0.1, 0.15) is 21.6 Å². The summed E-state index contributed by atoms with van der Waals surface area (Å²) in [6, 6.07) is 6.68. The Hall–Kier alpha value is -5.50. The summed E-state index contributed by atoms with van der Waals surface area (Å²) in [6.45, 7) is 1.95. The average Bonchev–Trinajstić information content (AvgIpc) is 3.55. The molecule has 2 amide bonds. The predicted molar refractivity (Wildman–Crippen MR) is 145 cm³/mol. The largest absolute Gasteiger partial charge is 0.483 e. The van der Waals surface area contributed by atoms with Crippen molar-refractivity contribution >= 4 is 35.4 Å². The molecule has 1 aromatic carbocycles. The molecule has 1 fully saturated rings. The molecular formula is C26H25F3N10O4. The van der Waals surface area contributed by atoms with Gasteiger partial charge in [0, 0.05) is 49.0 Å². The highest BCUT2D eigenvalue weighted by molar-refractivity contribution is 5.98. The fraction of sp³-hybridized carbons (Fsp3) is 0.269. The molecule has 5 N–H and O–H groups in total. The molecule has 17 heteroatoms. The van der Waals surface area contributed by atoms with Crippen LogP contribution in [0.15, 0.2) is 43.0 Å². The second-order valence-electron chi connectivity index (χ2n) is 9.36. The van der Waals surface area contributed by atoms with E-state index < -0.39 is 17.8 Å². The van der Waals surface area contributed by atoms with Crippen LogP contribution in [-0.4, -0.2) is 78.1 Å². The number of likely N-dealkylation sites (tertiary alicyclic amines) is 1. The third-order valence-corrected chi connectivity index (χ3v) is 6.36. The van der Waals surface area contributed by atoms with E-state index in [2.05, 4.69) is 25.7 Å². The summed E-state index contributed by atoms with van der Waals surface area (Å²) < 4.78 is 43.4. The minimum Gasteiger partial charge on any atom is -0.483 e. The molecule has 1 saturated heterocycles. The van der Waals surface area contributed by atoms with Gasteiger partial charge in [0.05, 0.1) is 30.1 Å². The molecule has 0 spiro atoms. The van der Waals surface area contributed by atoms with Crippen LogP contribution in [0.4, 0.5) is 24.7 Å². The minimum atomic E-state index is -4.74. The summed E-state index contributed by atoms with van der Waals surface area (Å²) in [6.07, 6.45) is 0.569. The zero-order valence-corrected chi connectivity index (χ0v) is 22.5. The monoisotopic (exact) mass is 598 g/mol. The van der Waals surface area contributed by atoms with Crippen molar-refractivity contribution in [3.63, 3.8) is 0 Å². The van der Waals surface area contributed by atoms with Gasteiger partial charge in [-0.1, -0.05) is 0 Å². The lowest BCUT2D eigenvalue weighted by Gasteiger charge is -2.36. The van der Waals surface area contributed by atoms with Crippen molar-refractivity contribution in [3.05, 3.63) is 59.8 Å². The molecule has 3 aromatic heterocycles. The number of anilines is 2. The molecular weight excluding hydrogens is 573 g/mol. The second-order valence-corrected chi connectivity index (χ2v) is 9.36. The molecule has 0 atom stereocenters. The number of carbonyl (C=O) groups is 3. The molecule has 0 bridgehead atoms. The number of nitrogens with one attached hydrogen (secondary N) is 2. The number of carboxylic acid groups (broad SMARTS) is 1. The Bertz CT molecular complexity index is 1700. The van der Waals surface area contributed by atoms with E-state index in [-0.39, 0.29) is 54.2 Å². The topological polar surface area (TPSA) is 197 Å². The van der Waals surface area contributed by atoms with Crippen molar-refractivity contribution in [2.24, 2.45) is 5.73 Å². The van der Waals surface area contributed by atoms with Crippen LogP contribution in [0.3, 0.4) is 0 Å². The van der Waals surface area contributed by atoms with Gasteiger partial charge in [-0.25, -0.2) is 9.97 Å². The summed E-state index contributed by atoms with van der Waals surface area (Å²) in [7, 11) is 0. The highest BCUT2D eigenvalue weighted by Crippen LogP contribution is 2.37. The number of hydrogen-bond acceptors (Lipinski definition) is 9. The van der Waals surface area contributed by atoms with Gasteiger partial charge < -0.3 is 26.4 Å². The maximum atomic E-state index is 13.7. The Balaban J connectivity index is 0.00000135. The van der Waals surface area contributed by atoms with Crippen LogP contribution in [0.2, 0.25) is 0 Å². The molecule has 0 saturated carbocycles. The summed E-state index contributed by atoms with van der Waals surface area (Å²) >= 11 is 0. The summed E-state index contributed by atoms with van der Waals surface area (Å²) in [4.78, 5) is 43.2.